The van der Waals surface area contributed by atoms with E-state index in [9.17, 15) is 0 Å². The van der Waals surface area contributed by atoms with Gasteiger partial charge < -0.3 is 5.11 Å². The van der Waals surface area contributed by atoms with E-state index in [-0.39, 0.29) is 0 Å². The van der Waals surface area contributed by atoms with Crippen molar-refractivity contribution in [3.05, 3.63) is 0 Å². The predicted octanol–water partition coefficient (Wildman–Crippen LogP) is 2.98. The zero-order valence-electron chi connectivity index (χ0n) is 9.04. The highest BCUT2D eigenvalue weighted by atomic mass is 16.3. The highest BCUT2D eigenvalue weighted by Gasteiger charge is 2.53. The Balaban J connectivity index is 1.69. The minimum absolute atomic E-state index is 0.412. The van der Waals surface area contributed by atoms with Gasteiger partial charge in [0.2, 0.25) is 0 Å². The number of aliphatic hydroxyl groups excluding tert-OH is 1. The molecule has 1 N–H and O–H groups in total. The molecule has 1 nitrogen and oxygen atoms in total. The molecule has 3 aliphatic carbocycles. The van der Waals surface area contributed by atoms with E-state index in [1.54, 1.807) is 12.8 Å². The molecule has 0 aromatic heterocycles. The Labute approximate surface area is 86.9 Å². The Morgan fingerprint density at radius 2 is 2.07 bits per heavy atom. The second kappa shape index (κ2) is 3.23. The van der Waals surface area contributed by atoms with E-state index in [2.05, 4.69) is 0 Å². The third-order valence-corrected chi connectivity index (χ3v) is 5.39. The first-order valence-corrected chi connectivity index (χ1v) is 6.43. The molecular formula is C13H22O. The van der Waals surface area contributed by atoms with Crippen molar-refractivity contribution in [2.75, 3.05) is 6.61 Å². The van der Waals surface area contributed by atoms with Crippen LogP contribution >= 0.6 is 0 Å². The van der Waals surface area contributed by atoms with Crippen molar-refractivity contribution in [2.45, 2.75) is 51.4 Å². The molecule has 3 aliphatic rings. The smallest absolute Gasteiger partial charge is 0.0433 e. The van der Waals surface area contributed by atoms with Gasteiger partial charge in [0, 0.05) is 6.61 Å². The molecule has 0 amide bonds. The summed E-state index contributed by atoms with van der Waals surface area (Å²) in [5, 5.41) is 8.99. The van der Waals surface area contributed by atoms with Crippen molar-refractivity contribution in [3.8, 4) is 0 Å². The van der Waals surface area contributed by atoms with Gasteiger partial charge in [0.05, 0.1) is 0 Å². The maximum absolute atomic E-state index is 8.99. The number of hydrogen-bond donors (Lipinski definition) is 1. The van der Waals surface area contributed by atoms with Gasteiger partial charge in [-0.25, -0.2) is 0 Å². The van der Waals surface area contributed by atoms with E-state index in [0.717, 1.165) is 29.6 Å². The van der Waals surface area contributed by atoms with Crippen LogP contribution in [0.3, 0.4) is 0 Å². The molecule has 3 saturated carbocycles. The summed E-state index contributed by atoms with van der Waals surface area (Å²) in [6.45, 7) is 0.412. The number of hydrogen-bond acceptors (Lipinski definition) is 1. The minimum atomic E-state index is 0.412. The number of rotatable bonds is 2. The summed E-state index contributed by atoms with van der Waals surface area (Å²) in [6, 6.07) is 0. The van der Waals surface area contributed by atoms with Gasteiger partial charge in [0.1, 0.15) is 0 Å². The zero-order valence-corrected chi connectivity index (χ0v) is 9.04. The summed E-state index contributed by atoms with van der Waals surface area (Å²) in [6.07, 6.45) is 11.6. The first-order chi connectivity index (χ1) is 6.82. The molecule has 1 spiro atoms. The van der Waals surface area contributed by atoms with E-state index in [1.165, 1.54) is 32.1 Å². The topological polar surface area (TPSA) is 20.2 Å². The average molecular weight is 194 g/mol. The zero-order chi connectivity index (χ0) is 9.60. The average Bonchev–Trinajstić information content (AvgIpc) is 2.82. The van der Waals surface area contributed by atoms with E-state index in [4.69, 9.17) is 5.11 Å². The van der Waals surface area contributed by atoms with E-state index < -0.39 is 0 Å². The van der Waals surface area contributed by atoms with Gasteiger partial charge in [-0.2, -0.15) is 0 Å². The Kier molecular flexibility index (Phi) is 2.12. The van der Waals surface area contributed by atoms with E-state index in [1.807, 2.05) is 0 Å². The quantitative estimate of drug-likeness (QED) is 0.716. The molecular weight excluding hydrogens is 172 g/mol. The van der Waals surface area contributed by atoms with Crippen LogP contribution in [0.1, 0.15) is 51.4 Å². The molecule has 3 rings (SSSR count). The summed E-state index contributed by atoms with van der Waals surface area (Å²) in [4.78, 5) is 0. The fourth-order valence-corrected chi connectivity index (χ4v) is 4.81. The van der Waals surface area contributed by atoms with Crippen molar-refractivity contribution >= 4 is 0 Å². The summed E-state index contributed by atoms with van der Waals surface area (Å²) < 4.78 is 0. The van der Waals surface area contributed by atoms with Crippen molar-refractivity contribution in [1.82, 2.24) is 0 Å². The number of aliphatic hydroxyl groups is 1. The summed E-state index contributed by atoms with van der Waals surface area (Å²) in [5.74, 6) is 3.03. The van der Waals surface area contributed by atoms with Crippen LogP contribution in [0.25, 0.3) is 0 Å². The molecule has 4 atom stereocenters. The Morgan fingerprint density at radius 3 is 2.71 bits per heavy atom. The second-order valence-corrected chi connectivity index (χ2v) is 6.06. The molecule has 80 valence electrons. The van der Waals surface area contributed by atoms with Gasteiger partial charge in [-0.05, 0) is 68.1 Å². The van der Waals surface area contributed by atoms with Crippen molar-refractivity contribution in [3.63, 3.8) is 0 Å². The van der Waals surface area contributed by atoms with Crippen LogP contribution in [0.5, 0.6) is 0 Å². The normalized spacial score (nSPS) is 50.8. The van der Waals surface area contributed by atoms with Crippen LogP contribution in [0, 0.1) is 23.2 Å². The molecule has 0 saturated heterocycles. The Bertz CT molecular complexity index is 225. The Morgan fingerprint density at radius 1 is 1.14 bits per heavy atom. The predicted molar refractivity (Wildman–Crippen MR) is 56.9 cm³/mol. The lowest BCUT2D eigenvalue weighted by Gasteiger charge is -2.34. The maximum Gasteiger partial charge on any atom is 0.0433 e. The van der Waals surface area contributed by atoms with Gasteiger partial charge >= 0.3 is 0 Å². The van der Waals surface area contributed by atoms with Gasteiger partial charge in [0.15, 0.2) is 0 Å². The maximum atomic E-state index is 8.99. The molecule has 1 heteroatoms. The van der Waals surface area contributed by atoms with Crippen molar-refractivity contribution < 1.29 is 5.11 Å². The minimum Gasteiger partial charge on any atom is -0.396 e. The van der Waals surface area contributed by atoms with Gasteiger partial charge in [0.25, 0.3) is 0 Å². The lowest BCUT2D eigenvalue weighted by molar-refractivity contribution is 0.158. The third-order valence-electron chi connectivity index (χ3n) is 5.39. The van der Waals surface area contributed by atoms with Gasteiger partial charge in [-0.3, -0.25) is 0 Å². The van der Waals surface area contributed by atoms with E-state index >= 15 is 0 Å². The molecule has 14 heavy (non-hydrogen) atoms. The fourth-order valence-electron chi connectivity index (χ4n) is 4.81. The first kappa shape index (κ1) is 9.21. The van der Waals surface area contributed by atoms with Gasteiger partial charge in [-0.15, -0.1) is 0 Å². The second-order valence-electron chi connectivity index (χ2n) is 6.06. The first-order valence-electron chi connectivity index (χ1n) is 6.43. The third kappa shape index (κ3) is 1.25. The lowest BCUT2D eigenvalue weighted by Crippen LogP contribution is -2.24. The van der Waals surface area contributed by atoms with Crippen molar-refractivity contribution in [2.24, 2.45) is 23.2 Å². The SMILES string of the molecule is OCCC1CCC2(C1)CC1CCC2C1. The fraction of sp³-hybridized carbons (Fsp3) is 1.00. The largest absolute Gasteiger partial charge is 0.396 e. The van der Waals surface area contributed by atoms with Gasteiger partial charge in [-0.1, -0.05) is 6.42 Å². The number of fused-ring (bicyclic) bond motifs is 3. The van der Waals surface area contributed by atoms with Crippen LogP contribution in [0.2, 0.25) is 0 Å². The highest BCUT2D eigenvalue weighted by molar-refractivity contribution is 5.03. The van der Waals surface area contributed by atoms with Crippen LogP contribution in [0.4, 0.5) is 0 Å². The summed E-state index contributed by atoms with van der Waals surface area (Å²) in [7, 11) is 0. The molecule has 2 bridgehead atoms. The summed E-state index contributed by atoms with van der Waals surface area (Å²) in [5.41, 5.74) is 0.767. The highest BCUT2D eigenvalue weighted by Crippen LogP contribution is 2.64. The molecule has 3 fully saturated rings. The van der Waals surface area contributed by atoms with Crippen LogP contribution in [-0.4, -0.2) is 11.7 Å². The molecule has 0 radical (unpaired) electrons. The molecule has 0 aromatic carbocycles. The van der Waals surface area contributed by atoms with Crippen molar-refractivity contribution in [1.29, 1.82) is 0 Å². The Hall–Kier alpha value is -0.0400. The molecule has 0 aromatic rings. The molecule has 0 heterocycles. The standard InChI is InChI=1S/C13H22O/c14-6-4-10-3-5-13(8-10)9-11-1-2-12(13)7-11/h10-12,14H,1-9H2. The van der Waals surface area contributed by atoms with E-state index in [0.29, 0.717) is 6.61 Å². The van der Waals surface area contributed by atoms with Crippen LogP contribution < -0.4 is 0 Å². The van der Waals surface area contributed by atoms with Crippen LogP contribution in [-0.2, 0) is 0 Å². The summed E-state index contributed by atoms with van der Waals surface area (Å²) >= 11 is 0. The van der Waals surface area contributed by atoms with Crippen LogP contribution in [0.15, 0.2) is 0 Å². The monoisotopic (exact) mass is 194 g/mol. The lowest BCUT2D eigenvalue weighted by atomic mass is 9.71. The molecule has 4 unspecified atom stereocenters. The molecule has 0 aliphatic heterocycles.